The van der Waals surface area contributed by atoms with Crippen molar-refractivity contribution in [3.05, 3.63) is 48.7 Å². The SMILES string of the molecule is c1ccc(-c2n[s+]c3ccccc3n2)nc1. The van der Waals surface area contributed by atoms with Crippen molar-refractivity contribution in [3.8, 4) is 11.5 Å². The number of para-hydroxylation sites is 1. The van der Waals surface area contributed by atoms with Crippen LogP contribution in [-0.2, 0) is 0 Å². The Morgan fingerprint density at radius 3 is 2.69 bits per heavy atom. The van der Waals surface area contributed by atoms with E-state index in [1.165, 1.54) is 11.5 Å². The second-order valence-corrected chi connectivity index (χ2v) is 4.11. The van der Waals surface area contributed by atoms with Crippen LogP contribution < -0.4 is 0 Å². The predicted molar refractivity (Wildman–Crippen MR) is 65.1 cm³/mol. The van der Waals surface area contributed by atoms with Crippen LogP contribution in [0.25, 0.3) is 21.7 Å². The Bertz CT molecular complexity index is 625. The quantitative estimate of drug-likeness (QED) is 0.599. The molecule has 4 heteroatoms. The van der Waals surface area contributed by atoms with Crippen molar-refractivity contribution in [3.63, 3.8) is 0 Å². The highest BCUT2D eigenvalue weighted by Gasteiger charge is 2.12. The van der Waals surface area contributed by atoms with Crippen LogP contribution in [0.5, 0.6) is 0 Å². The molecule has 0 bridgehead atoms. The van der Waals surface area contributed by atoms with E-state index < -0.39 is 0 Å². The summed E-state index contributed by atoms with van der Waals surface area (Å²) in [5.41, 5.74) is 1.77. The zero-order valence-corrected chi connectivity index (χ0v) is 9.19. The van der Waals surface area contributed by atoms with Crippen LogP contribution in [0.1, 0.15) is 0 Å². The molecule has 0 spiro atoms. The molecule has 0 aliphatic heterocycles. The van der Waals surface area contributed by atoms with E-state index in [0.717, 1.165) is 15.9 Å². The number of benzene rings is 1. The van der Waals surface area contributed by atoms with Crippen LogP contribution in [0.15, 0.2) is 48.7 Å². The minimum absolute atomic E-state index is 0.685. The molecule has 16 heavy (non-hydrogen) atoms. The maximum Gasteiger partial charge on any atom is 0.367 e. The Labute approximate surface area is 96.6 Å². The minimum atomic E-state index is 0.685. The predicted octanol–water partition coefficient (Wildman–Crippen LogP) is 3.03. The first-order valence-electron chi connectivity index (χ1n) is 4.91. The van der Waals surface area contributed by atoms with Crippen LogP contribution in [0, 0.1) is 0 Å². The molecule has 2 heterocycles. The second kappa shape index (κ2) is 3.90. The number of pyridine rings is 1. The Morgan fingerprint density at radius 2 is 1.81 bits per heavy atom. The van der Waals surface area contributed by atoms with Gasteiger partial charge in [-0.3, -0.25) is 4.98 Å². The summed E-state index contributed by atoms with van der Waals surface area (Å²) >= 11 is 1.45. The van der Waals surface area contributed by atoms with Crippen molar-refractivity contribution in [2.45, 2.75) is 0 Å². The zero-order chi connectivity index (χ0) is 10.8. The molecule has 1 aromatic carbocycles. The fraction of sp³-hybridized carbons (Fsp3) is 0. The first kappa shape index (κ1) is 9.30. The van der Waals surface area contributed by atoms with E-state index >= 15 is 0 Å². The molecule has 0 aliphatic rings. The molecule has 2 aromatic heterocycles. The lowest BCUT2D eigenvalue weighted by atomic mass is 10.3. The lowest BCUT2D eigenvalue weighted by Gasteiger charge is -1.93. The molecule has 0 saturated carbocycles. The fourth-order valence-electron chi connectivity index (χ4n) is 1.45. The summed E-state index contributed by atoms with van der Waals surface area (Å²) in [7, 11) is 0. The van der Waals surface area contributed by atoms with Gasteiger partial charge in [-0.15, -0.1) is 0 Å². The molecular weight excluding hydrogens is 218 g/mol. The van der Waals surface area contributed by atoms with Gasteiger partial charge in [0.1, 0.15) is 11.2 Å². The lowest BCUT2D eigenvalue weighted by molar-refractivity contribution is 1.23. The zero-order valence-electron chi connectivity index (χ0n) is 8.37. The Morgan fingerprint density at radius 1 is 0.938 bits per heavy atom. The van der Waals surface area contributed by atoms with E-state index in [4.69, 9.17) is 0 Å². The van der Waals surface area contributed by atoms with E-state index in [9.17, 15) is 0 Å². The lowest BCUT2D eigenvalue weighted by Crippen LogP contribution is -1.89. The van der Waals surface area contributed by atoms with Gasteiger partial charge in [-0.05, 0) is 18.2 Å². The van der Waals surface area contributed by atoms with Gasteiger partial charge in [0.15, 0.2) is 0 Å². The van der Waals surface area contributed by atoms with E-state index in [0.29, 0.717) is 5.82 Å². The molecular formula is C12H8N3S+. The van der Waals surface area contributed by atoms with Crippen LogP contribution in [0.2, 0.25) is 0 Å². The van der Waals surface area contributed by atoms with Crippen LogP contribution in [0.4, 0.5) is 0 Å². The Balaban J connectivity index is 2.19. The fourth-order valence-corrected chi connectivity index (χ4v) is 2.12. The summed E-state index contributed by atoms with van der Waals surface area (Å²) in [6, 6.07) is 13.7. The van der Waals surface area contributed by atoms with Crippen molar-refractivity contribution >= 4 is 21.7 Å². The molecule has 0 atom stereocenters. The number of hydrogen-bond donors (Lipinski definition) is 0. The molecule has 0 aliphatic carbocycles. The largest absolute Gasteiger partial charge is 0.367 e. The second-order valence-electron chi connectivity index (χ2n) is 3.30. The molecule has 0 unspecified atom stereocenters. The first-order valence-corrected chi connectivity index (χ1v) is 5.68. The van der Waals surface area contributed by atoms with Crippen molar-refractivity contribution in [2.75, 3.05) is 0 Å². The maximum absolute atomic E-state index is 4.48. The van der Waals surface area contributed by atoms with E-state index in [1.54, 1.807) is 6.20 Å². The summed E-state index contributed by atoms with van der Waals surface area (Å²) in [5.74, 6) is 0.685. The van der Waals surface area contributed by atoms with E-state index in [2.05, 4.69) is 14.3 Å². The molecule has 0 radical (unpaired) electrons. The van der Waals surface area contributed by atoms with Gasteiger partial charge in [0.25, 0.3) is 4.70 Å². The Kier molecular flexibility index (Phi) is 2.27. The highest BCUT2D eigenvalue weighted by Crippen LogP contribution is 2.19. The average Bonchev–Trinajstić information content (AvgIpc) is 2.39. The van der Waals surface area contributed by atoms with Crippen LogP contribution >= 0.6 is 11.5 Å². The van der Waals surface area contributed by atoms with Crippen molar-refractivity contribution in [1.29, 1.82) is 0 Å². The molecule has 76 valence electrons. The molecule has 0 saturated heterocycles. The van der Waals surface area contributed by atoms with Gasteiger partial charge in [0.05, 0.1) is 0 Å². The number of hydrogen-bond acceptors (Lipinski definition) is 3. The summed E-state index contributed by atoms with van der Waals surface area (Å²) in [6.07, 6.45) is 1.75. The minimum Gasteiger partial charge on any atom is -0.253 e. The highest BCUT2D eigenvalue weighted by atomic mass is 32.1. The molecule has 0 amide bonds. The van der Waals surface area contributed by atoms with Crippen LogP contribution in [0.3, 0.4) is 0 Å². The van der Waals surface area contributed by atoms with Crippen molar-refractivity contribution < 1.29 is 0 Å². The van der Waals surface area contributed by atoms with Gasteiger partial charge in [-0.2, -0.15) is 0 Å². The third-order valence-electron chi connectivity index (χ3n) is 2.22. The molecule has 0 N–H and O–H groups in total. The normalized spacial score (nSPS) is 10.5. The molecule has 3 nitrogen and oxygen atoms in total. The number of fused-ring (bicyclic) bond motifs is 1. The van der Waals surface area contributed by atoms with Crippen molar-refractivity contribution in [2.24, 2.45) is 0 Å². The molecule has 0 fully saturated rings. The Hall–Kier alpha value is -1.94. The summed E-state index contributed by atoms with van der Waals surface area (Å²) in [5, 5.41) is 0. The summed E-state index contributed by atoms with van der Waals surface area (Å²) in [4.78, 5) is 8.72. The molecule has 3 rings (SSSR count). The van der Waals surface area contributed by atoms with Gasteiger partial charge in [-0.1, -0.05) is 18.2 Å². The van der Waals surface area contributed by atoms with Gasteiger partial charge in [-0.25, -0.2) is 4.98 Å². The third-order valence-corrected chi connectivity index (χ3v) is 3.02. The topological polar surface area (TPSA) is 38.7 Å². The first-order chi connectivity index (χ1) is 7.93. The van der Waals surface area contributed by atoms with E-state index in [1.807, 2.05) is 42.5 Å². The summed E-state index contributed by atoms with van der Waals surface area (Å²) < 4.78 is 5.43. The van der Waals surface area contributed by atoms with Crippen molar-refractivity contribution in [1.82, 2.24) is 14.3 Å². The highest BCUT2D eigenvalue weighted by molar-refractivity contribution is 7.12. The standard InChI is InChI=1S/C12H8N3S/c1-2-7-11-9(5-1)14-12(15-16-11)10-6-3-4-8-13-10/h1-8H/q+1. The molecule has 3 aromatic rings. The number of nitrogens with zero attached hydrogens (tertiary/aromatic N) is 3. The number of rotatable bonds is 1. The van der Waals surface area contributed by atoms with Gasteiger partial charge in [0.2, 0.25) is 5.82 Å². The van der Waals surface area contributed by atoms with E-state index in [-0.39, 0.29) is 0 Å². The maximum atomic E-state index is 4.48. The number of aromatic nitrogens is 3. The smallest absolute Gasteiger partial charge is 0.253 e. The average molecular weight is 226 g/mol. The summed E-state index contributed by atoms with van der Waals surface area (Å²) in [6.45, 7) is 0. The van der Waals surface area contributed by atoms with Gasteiger partial charge >= 0.3 is 11.5 Å². The van der Waals surface area contributed by atoms with Crippen LogP contribution in [-0.4, -0.2) is 14.3 Å². The monoisotopic (exact) mass is 226 g/mol. The van der Waals surface area contributed by atoms with Gasteiger partial charge in [0, 0.05) is 16.6 Å². The third kappa shape index (κ3) is 1.63. The van der Waals surface area contributed by atoms with Gasteiger partial charge < -0.3 is 0 Å².